The zero-order valence-corrected chi connectivity index (χ0v) is 19.4. The van der Waals surface area contributed by atoms with Crippen molar-refractivity contribution in [2.24, 2.45) is 0 Å². The summed E-state index contributed by atoms with van der Waals surface area (Å²) in [6, 6.07) is 18.7. The van der Waals surface area contributed by atoms with Crippen LogP contribution in [0, 0.1) is 7.43 Å². The molecule has 3 aromatic rings. The molecule has 1 aromatic heterocycles. The third kappa shape index (κ3) is 8.57. The summed E-state index contributed by atoms with van der Waals surface area (Å²) in [5.74, 6) is -0.352. The van der Waals surface area contributed by atoms with Crippen LogP contribution in [-0.2, 0) is 44.0 Å². The molecular formula is C20H26N3O4SY-. The molecule has 0 atom stereocenters. The average molecular weight is 493 g/mol. The van der Waals surface area contributed by atoms with Crippen LogP contribution < -0.4 is 16.0 Å². The van der Waals surface area contributed by atoms with Crippen molar-refractivity contribution in [3.63, 3.8) is 0 Å². The van der Waals surface area contributed by atoms with Crippen LogP contribution in [0.2, 0.25) is 0 Å². The number of amides is 1. The molecule has 2 aromatic carbocycles. The maximum absolute atomic E-state index is 12.3. The van der Waals surface area contributed by atoms with E-state index in [9.17, 15) is 14.4 Å². The number of carbonyl (C=O) groups is 1. The van der Waals surface area contributed by atoms with Gasteiger partial charge in [0.05, 0.1) is 12.2 Å². The molecule has 0 aliphatic carbocycles. The Morgan fingerprint density at radius 3 is 2.00 bits per heavy atom. The summed E-state index contributed by atoms with van der Waals surface area (Å²) < 4.78 is 2.68. The number of nitrogens with one attached hydrogen (secondary N) is 1. The smallest absolute Gasteiger partial charge is 0.346 e. The fourth-order valence-electron chi connectivity index (χ4n) is 2.06. The van der Waals surface area contributed by atoms with E-state index >= 15 is 0 Å². The van der Waals surface area contributed by atoms with Crippen molar-refractivity contribution < 1.29 is 42.7 Å². The molecule has 0 saturated heterocycles. The molecule has 1 heterocycles. The fraction of sp³-hybridized carbons (Fsp3) is 0.200. The van der Waals surface area contributed by atoms with Gasteiger partial charge in [-0.3, -0.25) is 14.8 Å². The second-order valence-electron chi connectivity index (χ2n) is 5.23. The van der Waals surface area contributed by atoms with Crippen LogP contribution in [0.15, 0.2) is 70.3 Å². The minimum Gasteiger partial charge on any atom is -0.358 e. The van der Waals surface area contributed by atoms with Crippen molar-refractivity contribution in [1.29, 1.82) is 0 Å². The van der Waals surface area contributed by atoms with Crippen LogP contribution in [0.1, 0.15) is 26.3 Å². The van der Waals surface area contributed by atoms with E-state index in [1.807, 2.05) is 60.7 Å². The van der Waals surface area contributed by atoms with Crippen molar-refractivity contribution in [2.45, 2.75) is 27.3 Å². The second-order valence-corrected chi connectivity index (χ2v) is 6.13. The van der Waals surface area contributed by atoms with Gasteiger partial charge in [0.15, 0.2) is 0 Å². The average Bonchev–Trinajstić information content (AvgIpc) is 2.97. The normalized spacial score (nSPS) is 8.90. The molecule has 0 spiro atoms. The molecular weight excluding hydrogens is 467 g/mol. The third-order valence-corrected chi connectivity index (χ3v) is 4.34. The molecule has 1 radical (unpaired) electrons. The quantitative estimate of drug-likeness (QED) is 0.332. The number of hydroxylamine groups is 1. The summed E-state index contributed by atoms with van der Waals surface area (Å²) in [6.45, 7) is 1.96. The largest absolute Gasteiger partial charge is 0.358 e. The number of hydrogen-bond acceptors (Lipinski definition) is 5. The number of aromatic nitrogens is 2. The van der Waals surface area contributed by atoms with Crippen LogP contribution in [0.25, 0.3) is 5.69 Å². The van der Waals surface area contributed by atoms with E-state index in [0.717, 1.165) is 17.1 Å². The minimum atomic E-state index is -0.352. The maximum Gasteiger partial charge on any atom is 0.346 e. The van der Waals surface area contributed by atoms with Gasteiger partial charge < -0.3 is 7.43 Å². The molecule has 0 fully saturated rings. The number of benzene rings is 2. The summed E-state index contributed by atoms with van der Waals surface area (Å²) in [5, 5.41) is 7.74. The Morgan fingerprint density at radius 2 is 1.55 bits per heavy atom. The topological polar surface area (TPSA) is 93.3 Å². The van der Waals surface area contributed by atoms with Crippen molar-refractivity contribution in [3.05, 3.63) is 93.8 Å². The molecule has 0 unspecified atom stereocenters. The van der Waals surface area contributed by atoms with E-state index in [0.29, 0.717) is 18.7 Å². The van der Waals surface area contributed by atoms with Gasteiger partial charge in [-0.1, -0.05) is 62.9 Å². The van der Waals surface area contributed by atoms with Crippen molar-refractivity contribution in [2.75, 3.05) is 0 Å². The predicted octanol–water partition coefficient (Wildman–Crippen LogP) is 3.09. The molecule has 7 nitrogen and oxygen atoms in total. The molecule has 0 aliphatic rings. The molecule has 0 bridgehead atoms. The monoisotopic (exact) mass is 493 g/mol. The summed E-state index contributed by atoms with van der Waals surface area (Å²) in [7, 11) is 0. The SMILES string of the molecule is C.CCC(=O)NO.O=c1sn(-c2ccccc2)c(=O)n1Cc1ccccc1.[CH3-].[Y]. The number of nitrogens with zero attached hydrogens (tertiary/aromatic N) is 2. The van der Waals surface area contributed by atoms with Crippen LogP contribution in [-0.4, -0.2) is 19.6 Å². The van der Waals surface area contributed by atoms with Gasteiger partial charge in [0.25, 0.3) is 0 Å². The summed E-state index contributed by atoms with van der Waals surface area (Å²) in [4.78, 5) is 33.9. The molecule has 9 heteroatoms. The van der Waals surface area contributed by atoms with E-state index in [4.69, 9.17) is 5.21 Å². The van der Waals surface area contributed by atoms with Crippen molar-refractivity contribution in [1.82, 2.24) is 14.0 Å². The van der Waals surface area contributed by atoms with E-state index in [2.05, 4.69) is 0 Å². The Labute approximate surface area is 200 Å². The molecule has 3 rings (SSSR count). The van der Waals surface area contributed by atoms with Crippen LogP contribution in [0.3, 0.4) is 0 Å². The van der Waals surface area contributed by atoms with Gasteiger partial charge in [-0.2, -0.15) is 0 Å². The number of para-hydroxylation sites is 1. The Bertz CT molecular complexity index is 947. The Balaban J connectivity index is 0. The third-order valence-electron chi connectivity index (χ3n) is 3.41. The van der Waals surface area contributed by atoms with Gasteiger partial charge in [-0.15, -0.1) is 0 Å². The molecule has 0 aliphatic heterocycles. The summed E-state index contributed by atoms with van der Waals surface area (Å²) in [5.41, 5.74) is 2.83. The molecule has 29 heavy (non-hydrogen) atoms. The van der Waals surface area contributed by atoms with E-state index < -0.39 is 0 Å². The van der Waals surface area contributed by atoms with Gasteiger partial charge in [0.1, 0.15) is 0 Å². The van der Waals surface area contributed by atoms with Crippen LogP contribution in [0.4, 0.5) is 0 Å². The van der Waals surface area contributed by atoms with E-state index in [-0.39, 0.29) is 64.0 Å². The standard InChI is InChI=1S/C15H12N2O2S.C3H7NO2.CH4.CH3.Y/c18-14-16(11-12-7-3-1-4-8-12)15(19)20-17(14)13-9-5-2-6-10-13;1-2-3(5)4-6;;;/h1-10H,11H2;6H,2H2,1H3,(H,4,5);1H4;1H3;/q;;;-1;. The van der Waals surface area contributed by atoms with Gasteiger partial charge in [0.2, 0.25) is 5.91 Å². The minimum absolute atomic E-state index is 0. The zero-order chi connectivity index (χ0) is 18.9. The first kappa shape index (κ1) is 29.3. The zero-order valence-electron chi connectivity index (χ0n) is 15.7. The number of carbonyl (C=O) groups excluding carboxylic acids is 1. The van der Waals surface area contributed by atoms with E-state index in [1.54, 1.807) is 6.92 Å². The Hall–Kier alpha value is -1.87. The first-order valence-corrected chi connectivity index (χ1v) is 8.69. The van der Waals surface area contributed by atoms with Crippen molar-refractivity contribution >= 4 is 17.4 Å². The second kappa shape index (κ2) is 15.0. The number of rotatable bonds is 4. The first-order valence-electron chi connectivity index (χ1n) is 7.92. The Morgan fingerprint density at radius 1 is 1.03 bits per heavy atom. The van der Waals surface area contributed by atoms with Gasteiger partial charge in [-0.05, 0) is 17.7 Å². The molecule has 2 N–H and O–H groups in total. The Kier molecular flexibility index (Phi) is 15.2. The van der Waals surface area contributed by atoms with Crippen LogP contribution in [0.5, 0.6) is 0 Å². The predicted molar refractivity (Wildman–Crippen MR) is 113 cm³/mol. The van der Waals surface area contributed by atoms with E-state index in [1.165, 1.54) is 14.0 Å². The van der Waals surface area contributed by atoms with Gasteiger partial charge in [-0.25, -0.2) is 18.8 Å². The molecule has 0 saturated carbocycles. The molecule has 1 amide bonds. The maximum atomic E-state index is 12.3. The van der Waals surface area contributed by atoms with Gasteiger partial charge in [0, 0.05) is 50.7 Å². The van der Waals surface area contributed by atoms with Gasteiger partial charge >= 0.3 is 10.6 Å². The van der Waals surface area contributed by atoms with Crippen molar-refractivity contribution in [3.8, 4) is 5.69 Å². The summed E-state index contributed by atoms with van der Waals surface area (Å²) in [6.07, 6.45) is 0.330. The molecule has 155 valence electrons. The summed E-state index contributed by atoms with van der Waals surface area (Å²) >= 11 is 0.925. The first-order chi connectivity index (χ1) is 12.6. The number of hydrogen-bond donors (Lipinski definition) is 2. The van der Waals surface area contributed by atoms with Crippen LogP contribution >= 0.6 is 11.5 Å². The fourth-order valence-corrected chi connectivity index (χ4v) is 2.86.